The zero-order valence-electron chi connectivity index (χ0n) is 14.2. The summed E-state index contributed by atoms with van der Waals surface area (Å²) in [5, 5.41) is 0. The van der Waals surface area contributed by atoms with Crippen LogP contribution >= 0.6 is 11.8 Å². The lowest BCUT2D eigenvalue weighted by atomic mass is 10.1. The highest BCUT2D eigenvalue weighted by atomic mass is 32.2. The summed E-state index contributed by atoms with van der Waals surface area (Å²) in [5.74, 6) is 0. The lowest BCUT2D eigenvalue weighted by Crippen LogP contribution is -2.45. The summed E-state index contributed by atoms with van der Waals surface area (Å²) < 4.78 is 0. The van der Waals surface area contributed by atoms with Crippen LogP contribution in [-0.2, 0) is 13.1 Å². The van der Waals surface area contributed by atoms with Crippen LogP contribution in [0.1, 0.15) is 16.7 Å². The minimum Gasteiger partial charge on any atom is -0.297 e. The summed E-state index contributed by atoms with van der Waals surface area (Å²) in [6.07, 6.45) is 2.13. The lowest BCUT2D eigenvalue weighted by Gasteiger charge is -2.34. The molecule has 0 unspecified atom stereocenters. The molecule has 0 radical (unpaired) electrons. The van der Waals surface area contributed by atoms with E-state index in [9.17, 15) is 0 Å². The highest BCUT2D eigenvalue weighted by Gasteiger charge is 2.17. The van der Waals surface area contributed by atoms with Crippen molar-refractivity contribution in [3.8, 4) is 0 Å². The molecule has 1 saturated heterocycles. The van der Waals surface area contributed by atoms with Gasteiger partial charge in [-0.25, -0.2) is 0 Å². The Hall–Kier alpha value is -1.29. The summed E-state index contributed by atoms with van der Waals surface area (Å²) in [4.78, 5) is 6.48. The number of piperazine rings is 1. The topological polar surface area (TPSA) is 6.48 Å². The van der Waals surface area contributed by atoms with Crippen LogP contribution < -0.4 is 0 Å². The van der Waals surface area contributed by atoms with Gasteiger partial charge in [-0.15, -0.1) is 11.8 Å². The fourth-order valence-corrected chi connectivity index (χ4v) is 3.45. The van der Waals surface area contributed by atoms with Crippen LogP contribution in [0.15, 0.2) is 53.4 Å². The first-order valence-electron chi connectivity index (χ1n) is 8.36. The Morgan fingerprint density at radius 1 is 0.739 bits per heavy atom. The van der Waals surface area contributed by atoms with E-state index in [4.69, 9.17) is 0 Å². The maximum atomic E-state index is 2.57. The molecule has 1 aliphatic rings. The van der Waals surface area contributed by atoms with E-state index in [0.717, 1.165) is 39.3 Å². The maximum absolute atomic E-state index is 2.57. The van der Waals surface area contributed by atoms with Gasteiger partial charge in [0.15, 0.2) is 0 Å². The number of nitrogens with zero attached hydrogens (tertiary/aromatic N) is 2. The summed E-state index contributed by atoms with van der Waals surface area (Å²) in [7, 11) is 0. The van der Waals surface area contributed by atoms with Crippen molar-refractivity contribution in [3.05, 3.63) is 65.2 Å². The molecule has 0 saturated carbocycles. The Morgan fingerprint density at radius 3 is 1.61 bits per heavy atom. The predicted octanol–water partition coefficient (Wildman–Crippen LogP) is 4.03. The lowest BCUT2D eigenvalue weighted by molar-refractivity contribution is 0.122. The predicted molar refractivity (Wildman–Crippen MR) is 100.0 cm³/mol. The van der Waals surface area contributed by atoms with Crippen molar-refractivity contribution in [1.29, 1.82) is 0 Å². The third-order valence-electron chi connectivity index (χ3n) is 4.56. The second kappa shape index (κ2) is 8.00. The molecule has 3 rings (SSSR count). The fraction of sp³-hybridized carbons (Fsp3) is 0.400. The fourth-order valence-electron chi connectivity index (χ4n) is 3.05. The molecule has 2 nitrogen and oxygen atoms in total. The average molecular weight is 327 g/mol. The van der Waals surface area contributed by atoms with Crippen LogP contribution in [0, 0.1) is 6.92 Å². The smallest absolute Gasteiger partial charge is 0.0234 e. The minimum atomic E-state index is 1.08. The van der Waals surface area contributed by atoms with E-state index in [-0.39, 0.29) is 0 Å². The van der Waals surface area contributed by atoms with Crippen LogP contribution in [0.2, 0.25) is 0 Å². The van der Waals surface area contributed by atoms with Crippen molar-refractivity contribution in [2.75, 3.05) is 32.4 Å². The van der Waals surface area contributed by atoms with Gasteiger partial charge in [0.05, 0.1) is 0 Å². The SMILES string of the molecule is CSc1ccc(CN2CCN(Cc3ccc(C)cc3)CC2)cc1. The largest absolute Gasteiger partial charge is 0.297 e. The Bertz CT molecular complexity index is 599. The Balaban J connectivity index is 1.47. The molecule has 2 aromatic carbocycles. The van der Waals surface area contributed by atoms with Crippen molar-refractivity contribution in [2.24, 2.45) is 0 Å². The summed E-state index contributed by atoms with van der Waals surface area (Å²) in [6, 6.07) is 17.9. The first kappa shape index (κ1) is 16.6. The van der Waals surface area contributed by atoms with E-state index in [2.05, 4.69) is 71.5 Å². The summed E-state index contributed by atoms with van der Waals surface area (Å²) in [5.41, 5.74) is 4.19. The molecule has 3 heteroatoms. The first-order chi connectivity index (χ1) is 11.2. The van der Waals surface area contributed by atoms with E-state index in [0.29, 0.717) is 0 Å². The van der Waals surface area contributed by atoms with E-state index in [1.807, 2.05) is 0 Å². The summed E-state index contributed by atoms with van der Waals surface area (Å²) >= 11 is 1.81. The second-order valence-corrected chi connectivity index (χ2v) is 7.27. The molecule has 0 amide bonds. The molecule has 122 valence electrons. The third kappa shape index (κ3) is 4.84. The van der Waals surface area contributed by atoms with Crippen LogP contribution in [0.3, 0.4) is 0 Å². The van der Waals surface area contributed by atoms with Gasteiger partial charge in [-0.3, -0.25) is 9.80 Å². The number of thioether (sulfide) groups is 1. The maximum Gasteiger partial charge on any atom is 0.0234 e. The number of hydrogen-bond acceptors (Lipinski definition) is 3. The second-order valence-electron chi connectivity index (χ2n) is 6.39. The molecule has 1 aliphatic heterocycles. The first-order valence-corrected chi connectivity index (χ1v) is 9.58. The van der Waals surface area contributed by atoms with E-state index >= 15 is 0 Å². The Morgan fingerprint density at radius 2 is 1.17 bits per heavy atom. The van der Waals surface area contributed by atoms with Crippen molar-refractivity contribution in [1.82, 2.24) is 9.80 Å². The standard InChI is InChI=1S/C20H26N2S/c1-17-3-5-18(6-4-17)15-21-11-13-22(14-12-21)16-19-7-9-20(23-2)10-8-19/h3-10H,11-16H2,1-2H3. The molecule has 23 heavy (non-hydrogen) atoms. The van der Waals surface area contributed by atoms with Gasteiger partial charge in [0.25, 0.3) is 0 Å². The number of benzene rings is 2. The molecule has 0 spiro atoms. The van der Waals surface area contributed by atoms with Gasteiger partial charge in [0, 0.05) is 44.2 Å². The van der Waals surface area contributed by atoms with Crippen LogP contribution in [0.5, 0.6) is 0 Å². The highest BCUT2D eigenvalue weighted by Crippen LogP contribution is 2.17. The third-order valence-corrected chi connectivity index (χ3v) is 5.30. The van der Waals surface area contributed by atoms with Crippen molar-refractivity contribution < 1.29 is 0 Å². The number of aryl methyl sites for hydroxylation is 1. The molecule has 2 aromatic rings. The number of hydrogen-bond donors (Lipinski definition) is 0. The Labute approximate surface area is 144 Å². The average Bonchev–Trinajstić information content (AvgIpc) is 2.59. The highest BCUT2D eigenvalue weighted by molar-refractivity contribution is 7.98. The van der Waals surface area contributed by atoms with E-state index in [1.54, 1.807) is 11.8 Å². The zero-order chi connectivity index (χ0) is 16.1. The number of rotatable bonds is 5. The normalized spacial score (nSPS) is 16.6. The van der Waals surface area contributed by atoms with Gasteiger partial charge in [-0.1, -0.05) is 42.0 Å². The van der Waals surface area contributed by atoms with Crippen LogP contribution in [0.4, 0.5) is 0 Å². The van der Waals surface area contributed by atoms with Crippen molar-refractivity contribution >= 4 is 11.8 Å². The molecule has 0 aliphatic carbocycles. The van der Waals surface area contributed by atoms with Crippen molar-refractivity contribution in [2.45, 2.75) is 24.9 Å². The molecule has 0 atom stereocenters. The van der Waals surface area contributed by atoms with Gasteiger partial charge >= 0.3 is 0 Å². The van der Waals surface area contributed by atoms with Crippen LogP contribution in [0.25, 0.3) is 0 Å². The van der Waals surface area contributed by atoms with E-state index in [1.165, 1.54) is 21.6 Å². The summed E-state index contributed by atoms with van der Waals surface area (Å²) in [6.45, 7) is 8.96. The quantitative estimate of drug-likeness (QED) is 0.766. The molecule has 1 heterocycles. The molecule has 0 aromatic heterocycles. The zero-order valence-corrected chi connectivity index (χ0v) is 15.0. The Kier molecular flexibility index (Phi) is 5.76. The van der Waals surface area contributed by atoms with E-state index < -0.39 is 0 Å². The van der Waals surface area contributed by atoms with Crippen molar-refractivity contribution in [3.63, 3.8) is 0 Å². The molecule has 0 bridgehead atoms. The molecule has 1 fully saturated rings. The molecule has 0 N–H and O–H groups in total. The van der Waals surface area contributed by atoms with Crippen LogP contribution in [-0.4, -0.2) is 42.2 Å². The minimum absolute atomic E-state index is 1.08. The van der Waals surface area contributed by atoms with Gasteiger partial charge in [0.1, 0.15) is 0 Å². The molecular weight excluding hydrogens is 300 g/mol. The monoisotopic (exact) mass is 326 g/mol. The van der Waals surface area contributed by atoms with Gasteiger partial charge in [-0.05, 0) is 36.4 Å². The van der Waals surface area contributed by atoms with Gasteiger partial charge < -0.3 is 0 Å². The van der Waals surface area contributed by atoms with Gasteiger partial charge in [-0.2, -0.15) is 0 Å². The van der Waals surface area contributed by atoms with Gasteiger partial charge in [0.2, 0.25) is 0 Å². The molecular formula is C20H26N2S.